The van der Waals surface area contributed by atoms with Gasteiger partial charge in [0.05, 0.1) is 11.0 Å². The predicted molar refractivity (Wildman–Crippen MR) is 198 cm³/mol. The van der Waals surface area contributed by atoms with E-state index in [4.69, 9.17) is 0 Å². The summed E-state index contributed by atoms with van der Waals surface area (Å²) >= 11 is 1.80. The third-order valence-corrected chi connectivity index (χ3v) is 10.00. The van der Waals surface area contributed by atoms with Gasteiger partial charge in [-0.05, 0) is 92.4 Å². The first-order valence-corrected chi connectivity index (χ1v) is 16.6. The van der Waals surface area contributed by atoms with Crippen LogP contribution in [0.25, 0.3) is 82.1 Å². The van der Waals surface area contributed by atoms with Crippen molar-refractivity contribution in [1.82, 2.24) is 4.57 Å². The highest BCUT2D eigenvalue weighted by molar-refractivity contribution is 7.17. The molecule has 0 spiro atoms. The Balaban J connectivity index is 1.28. The van der Waals surface area contributed by atoms with Crippen LogP contribution in [0.5, 0.6) is 0 Å². The lowest BCUT2D eigenvalue weighted by molar-refractivity contribution is 1.19. The van der Waals surface area contributed by atoms with E-state index in [0.717, 1.165) is 0 Å². The second kappa shape index (κ2) is 11.0. The van der Waals surface area contributed by atoms with Crippen LogP contribution >= 0.6 is 11.3 Å². The molecule has 2 aromatic heterocycles. The molecule has 2 heteroatoms. The molecule has 9 rings (SSSR count). The van der Waals surface area contributed by atoms with Crippen LogP contribution in [-0.4, -0.2) is 4.57 Å². The van der Waals surface area contributed by atoms with Gasteiger partial charge in [-0.1, -0.05) is 127 Å². The molecular weight excluding hydrogens is 575 g/mol. The first kappa shape index (κ1) is 26.7. The van der Waals surface area contributed by atoms with Gasteiger partial charge in [0.1, 0.15) is 0 Å². The van der Waals surface area contributed by atoms with Crippen molar-refractivity contribution < 1.29 is 0 Å². The number of benzene rings is 7. The highest BCUT2D eigenvalue weighted by atomic mass is 32.1. The number of rotatable bonds is 5. The van der Waals surface area contributed by atoms with E-state index in [1.165, 1.54) is 82.1 Å². The molecule has 9 aromatic rings. The first-order valence-electron chi connectivity index (χ1n) is 15.7. The van der Waals surface area contributed by atoms with Gasteiger partial charge < -0.3 is 4.57 Å². The summed E-state index contributed by atoms with van der Waals surface area (Å²) in [6.07, 6.45) is 0. The van der Waals surface area contributed by atoms with Crippen LogP contribution in [0.2, 0.25) is 0 Å². The number of thiophene rings is 1. The first-order chi connectivity index (χ1) is 22.8. The maximum Gasteiger partial charge on any atom is 0.0627 e. The van der Waals surface area contributed by atoms with Gasteiger partial charge in [0.15, 0.2) is 0 Å². The summed E-state index contributed by atoms with van der Waals surface area (Å²) in [5.74, 6) is 0. The molecule has 7 aromatic carbocycles. The van der Waals surface area contributed by atoms with Crippen molar-refractivity contribution in [3.8, 4) is 50.2 Å². The Morgan fingerprint density at radius 2 is 0.978 bits per heavy atom. The molecule has 216 valence electrons. The Kier molecular flexibility index (Phi) is 6.40. The molecule has 0 atom stereocenters. The van der Waals surface area contributed by atoms with E-state index in [1.54, 1.807) is 11.3 Å². The van der Waals surface area contributed by atoms with Crippen molar-refractivity contribution in [2.45, 2.75) is 0 Å². The Labute approximate surface area is 272 Å². The van der Waals surface area contributed by atoms with E-state index < -0.39 is 0 Å². The Bertz CT molecular complexity index is 2490. The quantitative estimate of drug-likeness (QED) is 0.184. The summed E-state index contributed by atoms with van der Waals surface area (Å²) in [6, 6.07) is 61.8. The highest BCUT2D eigenvalue weighted by Crippen LogP contribution is 2.42. The molecule has 0 saturated heterocycles. The van der Waals surface area contributed by atoms with E-state index in [2.05, 4.69) is 180 Å². The molecule has 46 heavy (non-hydrogen) atoms. The number of aromatic nitrogens is 1. The third-order valence-electron chi connectivity index (χ3n) is 9.11. The topological polar surface area (TPSA) is 4.93 Å². The minimum atomic E-state index is 1.17. The average molecular weight is 604 g/mol. The van der Waals surface area contributed by atoms with Gasteiger partial charge in [-0.15, -0.1) is 11.3 Å². The predicted octanol–water partition coefficient (Wildman–Crippen LogP) is 12.7. The molecule has 0 saturated carbocycles. The summed E-state index contributed by atoms with van der Waals surface area (Å²) in [7, 11) is 0. The van der Waals surface area contributed by atoms with E-state index >= 15 is 0 Å². The van der Waals surface area contributed by atoms with Crippen molar-refractivity contribution in [2.24, 2.45) is 0 Å². The lowest BCUT2D eigenvalue weighted by Crippen LogP contribution is -1.94. The average Bonchev–Trinajstić information content (AvgIpc) is 3.75. The van der Waals surface area contributed by atoms with E-state index in [9.17, 15) is 0 Å². The van der Waals surface area contributed by atoms with Crippen LogP contribution in [-0.2, 0) is 0 Å². The lowest BCUT2D eigenvalue weighted by Gasteiger charge is -2.14. The van der Waals surface area contributed by atoms with Gasteiger partial charge in [-0.25, -0.2) is 0 Å². The van der Waals surface area contributed by atoms with Gasteiger partial charge in [-0.2, -0.15) is 0 Å². The Morgan fingerprint density at radius 1 is 0.370 bits per heavy atom. The maximum atomic E-state index is 2.46. The number of hydrogen-bond acceptors (Lipinski definition) is 1. The van der Waals surface area contributed by atoms with E-state index in [1.807, 2.05) is 0 Å². The largest absolute Gasteiger partial charge is 0.309 e. The molecule has 0 aliphatic carbocycles. The molecule has 0 fully saturated rings. The van der Waals surface area contributed by atoms with Crippen molar-refractivity contribution in [3.05, 3.63) is 175 Å². The number of fused-ring (bicyclic) bond motifs is 5. The van der Waals surface area contributed by atoms with Crippen molar-refractivity contribution >= 4 is 43.2 Å². The molecule has 0 amide bonds. The van der Waals surface area contributed by atoms with Crippen LogP contribution in [0.4, 0.5) is 0 Å². The number of hydrogen-bond donors (Lipinski definition) is 0. The minimum Gasteiger partial charge on any atom is -0.309 e. The van der Waals surface area contributed by atoms with Gasteiger partial charge >= 0.3 is 0 Å². The number of nitrogens with zero attached hydrogens (tertiary/aromatic N) is 1. The van der Waals surface area contributed by atoms with Crippen LogP contribution in [0, 0.1) is 0 Å². The van der Waals surface area contributed by atoms with Gasteiger partial charge in [0, 0.05) is 26.5 Å². The fourth-order valence-electron chi connectivity index (χ4n) is 6.89. The monoisotopic (exact) mass is 603 g/mol. The minimum absolute atomic E-state index is 1.17. The summed E-state index contributed by atoms with van der Waals surface area (Å²) in [4.78, 5) is 0. The van der Waals surface area contributed by atoms with Gasteiger partial charge in [0.25, 0.3) is 0 Å². The molecule has 0 unspecified atom stereocenters. The van der Waals surface area contributed by atoms with Gasteiger partial charge in [0.2, 0.25) is 0 Å². The second-order valence-electron chi connectivity index (χ2n) is 11.8. The smallest absolute Gasteiger partial charge is 0.0627 e. The van der Waals surface area contributed by atoms with Crippen LogP contribution in [0.3, 0.4) is 0 Å². The maximum absolute atomic E-state index is 2.46. The Hall–Kier alpha value is -5.70. The standard InChI is InChI=1S/C44H29NS/c1-4-10-30(11-5-1)32-16-20-36(21-17-32)45-42-24-19-35(29-41(42)38-23-25-43-39(44(38)45)26-27-46-43)40-28-34(31-12-6-2-7-13-31)18-22-37(40)33-14-8-3-9-15-33/h1-29H. The summed E-state index contributed by atoms with van der Waals surface area (Å²) in [5.41, 5.74) is 13.4. The Morgan fingerprint density at radius 3 is 1.70 bits per heavy atom. The lowest BCUT2D eigenvalue weighted by atomic mass is 9.90. The summed E-state index contributed by atoms with van der Waals surface area (Å²) < 4.78 is 3.76. The molecule has 0 N–H and O–H groups in total. The molecule has 1 nitrogen and oxygen atoms in total. The zero-order valence-corrected chi connectivity index (χ0v) is 25.9. The van der Waals surface area contributed by atoms with E-state index in [-0.39, 0.29) is 0 Å². The highest BCUT2D eigenvalue weighted by Gasteiger charge is 2.18. The normalized spacial score (nSPS) is 11.5. The summed E-state index contributed by atoms with van der Waals surface area (Å²) in [6.45, 7) is 0. The molecule has 0 aliphatic heterocycles. The molecule has 0 aliphatic rings. The van der Waals surface area contributed by atoms with Crippen molar-refractivity contribution in [1.29, 1.82) is 0 Å². The fourth-order valence-corrected chi connectivity index (χ4v) is 7.68. The van der Waals surface area contributed by atoms with E-state index in [0.29, 0.717) is 0 Å². The van der Waals surface area contributed by atoms with Crippen LogP contribution < -0.4 is 0 Å². The second-order valence-corrected chi connectivity index (χ2v) is 12.7. The van der Waals surface area contributed by atoms with Crippen LogP contribution in [0.15, 0.2) is 175 Å². The SMILES string of the molecule is c1ccc(-c2ccc(-n3c4ccc(-c5cc(-c6ccccc6)ccc5-c5ccccc5)cc4c4ccc5sccc5c43)cc2)cc1. The molecule has 2 heterocycles. The third kappa shape index (κ3) is 4.46. The zero-order valence-electron chi connectivity index (χ0n) is 25.1. The zero-order chi connectivity index (χ0) is 30.5. The molecule has 0 radical (unpaired) electrons. The van der Waals surface area contributed by atoms with Crippen LogP contribution in [0.1, 0.15) is 0 Å². The fraction of sp³-hybridized carbons (Fsp3) is 0. The summed E-state index contributed by atoms with van der Waals surface area (Å²) in [5, 5.41) is 6.03. The van der Waals surface area contributed by atoms with Crippen molar-refractivity contribution in [3.63, 3.8) is 0 Å². The van der Waals surface area contributed by atoms with Gasteiger partial charge in [-0.3, -0.25) is 0 Å². The molecular formula is C44H29NS. The van der Waals surface area contributed by atoms with Crippen molar-refractivity contribution in [2.75, 3.05) is 0 Å². The molecule has 0 bridgehead atoms.